The Kier molecular flexibility index (Phi) is 6.99. The fourth-order valence-corrected chi connectivity index (χ4v) is 2.53. The molecular formula is C17H29NO3. The minimum Gasteiger partial charge on any atom is -0.493 e. The maximum atomic E-state index is 10.3. The number of aliphatic hydroxyl groups is 1. The molecule has 0 amide bonds. The molecule has 0 aliphatic heterocycles. The first kappa shape index (κ1) is 17.8. The lowest BCUT2D eigenvalue weighted by Crippen LogP contribution is -2.38. The summed E-state index contributed by atoms with van der Waals surface area (Å²) in [6, 6.07) is 5.90. The fraction of sp³-hybridized carbons (Fsp3) is 0.647. The molecule has 0 saturated heterocycles. The molecule has 1 aromatic rings. The van der Waals surface area contributed by atoms with E-state index in [4.69, 9.17) is 9.47 Å². The van der Waals surface area contributed by atoms with Gasteiger partial charge >= 0.3 is 0 Å². The van der Waals surface area contributed by atoms with Crippen LogP contribution < -0.4 is 14.8 Å². The van der Waals surface area contributed by atoms with Crippen LogP contribution in [0.3, 0.4) is 0 Å². The average Bonchev–Trinajstić information content (AvgIpc) is 2.37. The first-order chi connectivity index (χ1) is 9.88. The first-order valence-corrected chi connectivity index (χ1v) is 7.60. The van der Waals surface area contributed by atoms with E-state index in [1.807, 2.05) is 32.0 Å². The van der Waals surface area contributed by atoms with Crippen molar-refractivity contribution in [2.24, 2.45) is 5.92 Å². The lowest BCUT2D eigenvalue weighted by atomic mass is 9.94. The number of rotatable bonds is 9. The van der Waals surface area contributed by atoms with Gasteiger partial charge < -0.3 is 19.9 Å². The molecule has 0 heterocycles. The van der Waals surface area contributed by atoms with Gasteiger partial charge in [0.05, 0.1) is 19.3 Å². The highest BCUT2D eigenvalue weighted by molar-refractivity contribution is 5.42. The molecule has 1 atom stereocenters. The molecular weight excluding hydrogens is 266 g/mol. The van der Waals surface area contributed by atoms with Crippen LogP contribution in [0.25, 0.3) is 0 Å². The summed E-state index contributed by atoms with van der Waals surface area (Å²) < 4.78 is 10.8. The van der Waals surface area contributed by atoms with Crippen LogP contribution in [0.5, 0.6) is 11.5 Å². The Labute approximate surface area is 128 Å². The summed E-state index contributed by atoms with van der Waals surface area (Å²) in [6.45, 7) is 9.93. The van der Waals surface area contributed by atoms with Gasteiger partial charge in [0, 0.05) is 13.1 Å². The van der Waals surface area contributed by atoms with E-state index in [9.17, 15) is 5.11 Å². The van der Waals surface area contributed by atoms with Crippen molar-refractivity contribution >= 4 is 0 Å². The third-order valence-electron chi connectivity index (χ3n) is 3.21. The number of methoxy groups -OCH3 is 1. The summed E-state index contributed by atoms with van der Waals surface area (Å²) in [4.78, 5) is 0. The van der Waals surface area contributed by atoms with Crippen LogP contribution in [-0.4, -0.2) is 31.0 Å². The van der Waals surface area contributed by atoms with Crippen LogP contribution in [0.2, 0.25) is 0 Å². The Morgan fingerprint density at radius 2 is 2.00 bits per heavy atom. The van der Waals surface area contributed by atoms with Gasteiger partial charge in [0.15, 0.2) is 11.5 Å². The quantitative estimate of drug-likeness (QED) is 0.735. The van der Waals surface area contributed by atoms with Crippen molar-refractivity contribution in [3.8, 4) is 11.5 Å². The summed E-state index contributed by atoms with van der Waals surface area (Å²) in [6.07, 6.45) is 0.785. The summed E-state index contributed by atoms with van der Waals surface area (Å²) in [5, 5.41) is 13.6. The second-order valence-corrected chi connectivity index (χ2v) is 6.12. The largest absolute Gasteiger partial charge is 0.493 e. The molecule has 0 aliphatic carbocycles. The minimum absolute atomic E-state index is 0.479. The minimum atomic E-state index is -0.677. The van der Waals surface area contributed by atoms with Gasteiger partial charge in [-0.2, -0.15) is 0 Å². The molecule has 0 aromatic heterocycles. The van der Waals surface area contributed by atoms with E-state index in [-0.39, 0.29) is 0 Å². The molecule has 1 unspecified atom stereocenters. The predicted octanol–water partition coefficient (Wildman–Crippen LogP) is 2.98. The molecule has 0 radical (unpaired) electrons. The Hall–Kier alpha value is -1.26. The molecule has 0 fully saturated rings. The maximum Gasteiger partial charge on any atom is 0.161 e. The molecule has 0 saturated carbocycles. The van der Waals surface area contributed by atoms with E-state index in [1.165, 1.54) is 0 Å². The van der Waals surface area contributed by atoms with Crippen LogP contribution in [-0.2, 0) is 6.54 Å². The molecule has 4 heteroatoms. The normalized spacial score (nSPS) is 14.0. The van der Waals surface area contributed by atoms with Crippen LogP contribution in [0, 0.1) is 5.92 Å². The Morgan fingerprint density at radius 3 is 2.57 bits per heavy atom. The Morgan fingerprint density at radius 1 is 1.29 bits per heavy atom. The Bertz CT molecular complexity index is 430. The van der Waals surface area contributed by atoms with E-state index in [2.05, 4.69) is 19.2 Å². The van der Waals surface area contributed by atoms with Crippen molar-refractivity contribution in [3.05, 3.63) is 23.8 Å². The number of ether oxygens (including phenoxy) is 2. The van der Waals surface area contributed by atoms with Gasteiger partial charge in [0.2, 0.25) is 0 Å². The number of benzene rings is 1. The summed E-state index contributed by atoms with van der Waals surface area (Å²) in [5.41, 5.74) is 0.434. The fourth-order valence-electron chi connectivity index (χ4n) is 2.53. The second-order valence-electron chi connectivity index (χ2n) is 6.12. The topological polar surface area (TPSA) is 50.7 Å². The number of hydrogen-bond acceptors (Lipinski definition) is 4. The highest BCUT2D eigenvalue weighted by atomic mass is 16.5. The van der Waals surface area contributed by atoms with Crippen molar-refractivity contribution in [2.75, 3.05) is 20.3 Å². The maximum absolute atomic E-state index is 10.3. The molecule has 4 nitrogen and oxygen atoms in total. The molecule has 1 rings (SSSR count). The highest BCUT2D eigenvalue weighted by Gasteiger charge is 2.21. The smallest absolute Gasteiger partial charge is 0.161 e. The van der Waals surface area contributed by atoms with Crippen molar-refractivity contribution in [3.63, 3.8) is 0 Å². The van der Waals surface area contributed by atoms with Gasteiger partial charge in [0.25, 0.3) is 0 Å². The average molecular weight is 295 g/mol. The number of nitrogens with one attached hydrogen (secondary N) is 1. The van der Waals surface area contributed by atoms with E-state index in [0.717, 1.165) is 23.5 Å². The van der Waals surface area contributed by atoms with Gasteiger partial charge in [-0.15, -0.1) is 0 Å². The summed E-state index contributed by atoms with van der Waals surface area (Å²) in [5.74, 6) is 1.98. The molecule has 21 heavy (non-hydrogen) atoms. The van der Waals surface area contributed by atoms with E-state index in [0.29, 0.717) is 25.6 Å². The molecule has 0 aliphatic rings. The van der Waals surface area contributed by atoms with Gasteiger partial charge in [0.1, 0.15) is 0 Å². The molecule has 0 bridgehead atoms. The SMILES string of the molecule is CCOc1cc(CNCC(C)(O)CC(C)C)ccc1OC. The Balaban J connectivity index is 2.57. The van der Waals surface area contributed by atoms with Gasteiger partial charge in [-0.3, -0.25) is 0 Å². The van der Waals surface area contributed by atoms with Crippen molar-refractivity contribution in [2.45, 2.75) is 46.3 Å². The van der Waals surface area contributed by atoms with E-state index < -0.39 is 5.60 Å². The summed E-state index contributed by atoms with van der Waals surface area (Å²) >= 11 is 0. The highest BCUT2D eigenvalue weighted by Crippen LogP contribution is 2.28. The molecule has 2 N–H and O–H groups in total. The zero-order valence-electron chi connectivity index (χ0n) is 13.9. The standard InChI is InChI=1S/C17H29NO3/c1-6-21-16-9-14(7-8-15(16)20-5)11-18-12-17(4,19)10-13(2)3/h7-9,13,18-19H,6,10-12H2,1-5H3. The van der Waals surface area contributed by atoms with Crippen molar-refractivity contribution in [1.29, 1.82) is 0 Å². The van der Waals surface area contributed by atoms with Crippen LogP contribution in [0.4, 0.5) is 0 Å². The van der Waals surface area contributed by atoms with Crippen molar-refractivity contribution in [1.82, 2.24) is 5.32 Å². The van der Waals surface area contributed by atoms with E-state index in [1.54, 1.807) is 7.11 Å². The zero-order chi connectivity index (χ0) is 15.9. The molecule has 120 valence electrons. The van der Waals surface area contributed by atoms with Gasteiger partial charge in [-0.05, 0) is 43.9 Å². The molecule has 1 aromatic carbocycles. The second kappa shape index (κ2) is 8.25. The van der Waals surface area contributed by atoms with E-state index >= 15 is 0 Å². The zero-order valence-corrected chi connectivity index (χ0v) is 13.9. The third-order valence-corrected chi connectivity index (χ3v) is 3.21. The first-order valence-electron chi connectivity index (χ1n) is 7.60. The lowest BCUT2D eigenvalue weighted by molar-refractivity contribution is 0.0383. The van der Waals surface area contributed by atoms with Crippen LogP contribution in [0.1, 0.15) is 39.7 Å². The lowest BCUT2D eigenvalue weighted by Gasteiger charge is -2.25. The third kappa shape index (κ3) is 6.36. The van der Waals surface area contributed by atoms with Crippen LogP contribution in [0.15, 0.2) is 18.2 Å². The number of hydrogen-bond donors (Lipinski definition) is 2. The predicted molar refractivity (Wildman–Crippen MR) is 85.9 cm³/mol. The van der Waals surface area contributed by atoms with Gasteiger partial charge in [-0.25, -0.2) is 0 Å². The van der Waals surface area contributed by atoms with Crippen molar-refractivity contribution < 1.29 is 14.6 Å². The van der Waals surface area contributed by atoms with Gasteiger partial charge in [-0.1, -0.05) is 19.9 Å². The summed E-state index contributed by atoms with van der Waals surface area (Å²) in [7, 11) is 1.64. The van der Waals surface area contributed by atoms with Crippen LogP contribution >= 0.6 is 0 Å². The molecule has 0 spiro atoms. The monoisotopic (exact) mass is 295 g/mol.